The molecule has 0 aliphatic carbocycles. The summed E-state index contributed by atoms with van der Waals surface area (Å²) in [4.78, 5) is 17.1. The predicted octanol–water partition coefficient (Wildman–Crippen LogP) is 1.72. The molecular weight excluding hydrogens is 224 g/mol. The highest BCUT2D eigenvalue weighted by Gasteiger charge is 2.17. The number of hydrogen-bond acceptors (Lipinski definition) is 4. The van der Waals surface area contributed by atoms with Gasteiger partial charge >= 0.3 is 5.97 Å². The summed E-state index contributed by atoms with van der Waals surface area (Å²) in [7, 11) is 0. The molecule has 0 amide bonds. The van der Waals surface area contributed by atoms with Crippen molar-refractivity contribution in [2.75, 3.05) is 23.7 Å². The van der Waals surface area contributed by atoms with Gasteiger partial charge in [0.1, 0.15) is 5.82 Å². The molecule has 0 aromatic carbocycles. The molecule has 1 aliphatic rings. The fourth-order valence-corrected chi connectivity index (χ4v) is 2.74. The molecule has 2 rings (SSSR count). The van der Waals surface area contributed by atoms with Crippen molar-refractivity contribution < 1.29 is 9.90 Å². The Morgan fingerprint density at radius 2 is 2.44 bits per heavy atom. The molecule has 1 saturated heterocycles. The van der Waals surface area contributed by atoms with Gasteiger partial charge in [-0.15, -0.1) is 0 Å². The van der Waals surface area contributed by atoms with Crippen LogP contribution in [-0.4, -0.2) is 40.2 Å². The van der Waals surface area contributed by atoms with Gasteiger partial charge in [0.05, 0.1) is 5.56 Å². The predicted molar refractivity (Wildman–Crippen MR) is 65.3 cm³/mol. The number of nitrogens with zero attached hydrogens (tertiary/aromatic N) is 2. The van der Waals surface area contributed by atoms with E-state index < -0.39 is 5.97 Å². The van der Waals surface area contributed by atoms with Gasteiger partial charge in [-0.05, 0) is 12.1 Å². The fraction of sp³-hybridized carbons (Fsp3) is 0.455. The number of anilines is 1. The van der Waals surface area contributed by atoms with Gasteiger partial charge in [-0.2, -0.15) is 11.8 Å². The molecular formula is C11H14N2O2S. The number of thioether (sulfide) groups is 1. The second-order valence-corrected chi connectivity index (χ2v) is 5.38. The first-order valence-electron chi connectivity index (χ1n) is 5.22. The topological polar surface area (TPSA) is 53.4 Å². The van der Waals surface area contributed by atoms with Gasteiger partial charge in [0.15, 0.2) is 0 Å². The number of carboxylic acids is 1. The van der Waals surface area contributed by atoms with Crippen LogP contribution in [0.2, 0.25) is 0 Å². The molecule has 1 aliphatic heterocycles. The first-order chi connectivity index (χ1) is 7.66. The van der Waals surface area contributed by atoms with Crippen LogP contribution in [0.4, 0.5) is 5.82 Å². The summed E-state index contributed by atoms with van der Waals surface area (Å²) in [6, 6.07) is 3.39. The Kier molecular flexibility index (Phi) is 3.33. The van der Waals surface area contributed by atoms with E-state index >= 15 is 0 Å². The third-order valence-electron chi connectivity index (χ3n) is 2.56. The number of hydrogen-bond donors (Lipinski definition) is 1. The maximum atomic E-state index is 10.7. The molecule has 16 heavy (non-hydrogen) atoms. The minimum Gasteiger partial charge on any atom is -0.478 e. The fourth-order valence-electron chi connectivity index (χ4n) is 1.73. The van der Waals surface area contributed by atoms with Crippen molar-refractivity contribution in [3.8, 4) is 0 Å². The highest BCUT2D eigenvalue weighted by atomic mass is 32.2. The number of carboxylic acid groups (broad SMARTS) is 1. The van der Waals surface area contributed by atoms with Gasteiger partial charge < -0.3 is 10.0 Å². The van der Waals surface area contributed by atoms with Crippen molar-refractivity contribution in [2.45, 2.75) is 12.2 Å². The van der Waals surface area contributed by atoms with Crippen LogP contribution < -0.4 is 4.90 Å². The van der Waals surface area contributed by atoms with E-state index in [1.165, 1.54) is 6.20 Å². The van der Waals surface area contributed by atoms with E-state index in [2.05, 4.69) is 16.8 Å². The number of aromatic nitrogens is 1. The zero-order valence-corrected chi connectivity index (χ0v) is 9.91. The second kappa shape index (κ2) is 4.74. The molecule has 86 valence electrons. The van der Waals surface area contributed by atoms with Crippen LogP contribution in [0.15, 0.2) is 18.3 Å². The van der Waals surface area contributed by atoms with Gasteiger partial charge in [-0.25, -0.2) is 9.78 Å². The molecule has 0 saturated carbocycles. The summed E-state index contributed by atoms with van der Waals surface area (Å²) < 4.78 is 0. The lowest BCUT2D eigenvalue weighted by Crippen LogP contribution is -2.37. The lowest BCUT2D eigenvalue weighted by Gasteiger charge is -2.31. The summed E-state index contributed by atoms with van der Waals surface area (Å²) in [6.07, 6.45) is 1.42. The molecule has 0 bridgehead atoms. The minimum absolute atomic E-state index is 0.239. The van der Waals surface area contributed by atoms with E-state index in [0.717, 1.165) is 24.7 Å². The van der Waals surface area contributed by atoms with E-state index in [-0.39, 0.29) is 5.56 Å². The first kappa shape index (κ1) is 11.3. The zero-order valence-electron chi connectivity index (χ0n) is 9.09. The Morgan fingerprint density at radius 1 is 1.62 bits per heavy atom. The van der Waals surface area contributed by atoms with Crippen molar-refractivity contribution >= 4 is 23.5 Å². The first-order valence-corrected chi connectivity index (χ1v) is 6.27. The van der Waals surface area contributed by atoms with Crippen molar-refractivity contribution in [3.63, 3.8) is 0 Å². The molecule has 0 radical (unpaired) electrons. The minimum atomic E-state index is -0.929. The summed E-state index contributed by atoms with van der Waals surface area (Å²) in [5.41, 5.74) is 0.239. The van der Waals surface area contributed by atoms with E-state index in [1.807, 2.05) is 11.8 Å². The number of rotatable bonds is 2. The Morgan fingerprint density at radius 3 is 3.00 bits per heavy atom. The normalized spacial score (nSPS) is 20.8. The zero-order chi connectivity index (χ0) is 11.5. The third kappa shape index (κ3) is 2.47. The molecule has 1 atom stereocenters. The van der Waals surface area contributed by atoms with E-state index in [4.69, 9.17) is 5.11 Å². The van der Waals surface area contributed by atoms with Gasteiger partial charge in [0.2, 0.25) is 0 Å². The Bertz CT molecular complexity index is 380. The van der Waals surface area contributed by atoms with Crippen LogP contribution >= 0.6 is 11.8 Å². The molecule has 4 nitrogen and oxygen atoms in total. The van der Waals surface area contributed by atoms with Gasteiger partial charge in [0.25, 0.3) is 0 Å². The van der Waals surface area contributed by atoms with Crippen LogP contribution in [-0.2, 0) is 0 Å². The monoisotopic (exact) mass is 238 g/mol. The summed E-state index contributed by atoms with van der Waals surface area (Å²) >= 11 is 1.96. The molecule has 0 spiro atoms. The third-order valence-corrected chi connectivity index (χ3v) is 3.70. The van der Waals surface area contributed by atoms with E-state index in [9.17, 15) is 4.79 Å². The quantitative estimate of drug-likeness (QED) is 0.850. The van der Waals surface area contributed by atoms with Crippen LogP contribution in [0.25, 0.3) is 0 Å². The standard InChI is InChI=1S/C11H14N2O2S/c1-8-7-13(4-5-16-8)10-3-2-9(6-12-10)11(14)15/h2-3,6,8H,4-5,7H2,1H3,(H,14,15). The largest absolute Gasteiger partial charge is 0.478 e. The average Bonchev–Trinajstić information content (AvgIpc) is 2.29. The van der Waals surface area contributed by atoms with Crippen molar-refractivity contribution in [1.82, 2.24) is 4.98 Å². The van der Waals surface area contributed by atoms with E-state index in [1.54, 1.807) is 12.1 Å². The SMILES string of the molecule is CC1CN(c2ccc(C(=O)O)cn2)CCS1. The van der Waals surface area contributed by atoms with Crippen molar-refractivity contribution in [3.05, 3.63) is 23.9 Å². The molecule has 1 aromatic rings. The molecule has 1 unspecified atom stereocenters. The molecule has 1 aromatic heterocycles. The van der Waals surface area contributed by atoms with E-state index in [0.29, 0.717) is 5.25 Å². The highest BCUT2D eigenvalue weighted by Crippen LogP contribution is 2.22. The molecule has 1 N–H and O–H groups in total. The average molecular weight is 238 g/mol. The number of carbonyl (C=O) groups is 1. The van der Waals surface area contributed by atoms with Crippen LogP contribution in [0.3, 0.4) is 0 Å². The Labute approximate surface area is 98.7 Å². The van der Waals surface area contributed by atoms with Gasteiger partial charge in [-0.1, -0.05) is 6.92 Å². The Balaban J connectivity index is 2.11. The van der Waals surface area contributed by atoms with Crippen LogP contribution in [0.5, 0.6) is 0 Å². The summed E-state index contributed by atoms with van der Waals surface area (Å²) in [5, 5.41) is 9.38. The number of pyridine rings is 1. The van der Waals surface area contributed by atoms with Crippen LogP contribution in [0, 0.1) is 0 Å². The van der Waals surface area contributed by atoms with Crippen molar-refractivity contribution in [2.24, 2.45) is 0 Å². The molecule has 1 fully saturated rings. The maximum Gasteiger partial charge on any atom is 0.337 e. The van der Waals surface area contributed by atoms with Crippen molar-refractivity contribution in [1.29, 1.82) is 0 Å². The maximum absolute atomic E-state index is 10.7. The van der Waals surface area contributed by atoms with Crippen LogP contribution in [0.1, 0.15) is 17.3 Å². The summed E-state index contributed by atoms with van der Waals surface area (Å²) in [6.45, 7) is 4.15. The second-order valence-electron chi connectivity index (χ2n) is 3.84. The highest BCUT2D eigenvalue weighted by molar-refractivity contribution is 8.00. The lowest BCUT2D eigenvalue weighted by molar-refractivity contribution is 0.0696. The number of aromatic carboxylic acids is 1. The Hall–Kier alpha value is -1.23. The van der Waals surface area contributed by atoms with Gasteiger partial charge in [-0.3, -0.25) is 0 Å². The smallest absolute Gasteiger partial charge is 0.337 e. The summed E-state index contributed by atoms with van der Waals surface area (Å²) in [5.74, 6) is 1.04. The molecule has 2 heterocycles. The molecule has 5 heteroatoms. The lowest BCUT2D eigenvalue weighted by atomic mass is 10.2. The van der Waals surface area contributed by atoms with Gasteiger partial charge in [0, 0.05) is 30.3 Å².